The molecule has 0 saturated heterocycles. The molecular weight excluding hydrogens is 358 g/mol. The molecule has 0 N–H and O–H groups in total. The summed E-state index contributed by atoms with van der Waals surface area (Å²) in [6.45, 7) is 1.91. The van der Waals surface area contributed by atoms with Crippen LogP contribution in [0.25, 0.3) is 0 Å². The third kappa shape index (κ3) is 3.48. The number of rotatable bonds is 5. The molecule has 2 aromatic rings. The minimum absolute atomic E-state index is 0.166. The second-order valence-corrected chi connectivity index (χ2v) is 7.39. The van der Waals surface area contributed by atoms with E-state index in [0.717, 1.165) is 0 Å². The van der Waals surface area contributed by atoms with Crippen molar-refractivity contribution in [2.24, 2.45) is 0 Å². The maximum atomic E-state index is 12.6. The minimum Gasteiger partial charge on any atom is -0.497 e. The Morgan fingerprint density at radius 3 is 2.52 bits per heavy atom. The maximum Gasteiger partial charge on any atom is 0.243 e. The Balaban J connectivity index is 2.28. The quantitative estimate of drug-likeness (QED) is 0.807. The topological polar surface area (TPSA) is 59.8 Å². The highest BCUT2D eigenvalue weighted by Crippen LogP contribution is 2.25. The number of nitrogens with zero attached hydrogens (tertiary/aromatic N) is 1. The van der Waals surface area contributed by atoms with Crippen molar-refractivity contribution < 1.29 is 17.6 Å². The van der Waals surface area contributed by atoms with Gasteiger partial charge in [0.1, 0.15) is 11.5 Å². The molecule has 7 heteroatoms. The fourth-order valence-electron chi connectivity index (χ4n) is 1.95. The molecule has 0 unspecified atom stereocenters. The van der Waals surface area contributed by atoms with Gasteiger partial charge in [-0.2, -0.15) is 4.31 Å². The van der Waals surface area contributed by atoms with Gasteiger partial charge >= 0.3 is 0 Å². The van der Waals surface area contributed by atoms with E-state index in [1.165, 1.54) is 11.4 Å². The van der Waals surface area contributed by atoms with Crippen molar-refractivity contribution >= 4 is 26.0 Å². The van der Waals surface area contributed by atoms with Gasteiger partial charge in [0.15, 0.2) is 4.67 Å². The Morgan fingerprint density at radius 2 is 2.00 bits per heavy atom. The Bertz CT molecular complexity index is 739. The first-order chi connectivity index (χ1) is 9.84. The lowest BCUT2D eigenvalue weighted by Gasteiger charge is -2.17. The molecule has 0 bridgehead atoms. The fraction of sp³-hybridized carbons (Fsp3) is 0.286. The first-order valence-electron chi connectivity index (χ1n) is 6.20. The molecule has 0 saturated carbocycles. The highest BCUT2D eigenvalue weighted by molar-refractivity contribution is 9.10. The molecule has 1 heterocycles. The van der Waals surface area contributed by atoms with Crippen molar-refractivity contribution in [1.29, 1.82) is 0 Å². The van der Waals surface area contributed by atoms with Gasteiger partial charge in [0, 0.05) is 7.05 Å². The van der Waals surface area contributed by atoms with Gasteiger partial charge in [-0.1, -0.05) is 0 Å². The van der Waals surface area contributed by atoms with Crippen LogP contribution in [0.4, 0.5) is 0 Å². The van der Waals surface area contributed by atoms with Crippen LogP contribution >= 0.6 is 15.9 Å². The van der Waals surface area contributed by atoms with Gasteiger partial charge in [0.05, 0.1) is 18.6 Å². The number of ether oxygens (including phenoxy) is 1. The standard InChI is InChI=1S/C14H16BrNO4S/c1-10-8-11(19-3)4-6-13(10)21(17,18)16(2)9-12-5-7-14(15)20-12/h4-8H,9H2,1-3H3. The highest BCUT2D eigenvalue weighted by atomic mass is 79.9. The number of furan rings is 1. The molecule has 0 atom stereocenters. The van der Waals surface area contributed by atoms with Crippen LogP contribution in [0, 0.1) is 6.92 Å². The molecule has 0 amide bonds. The second kappa shape index (κ2) is 6.21. The molecule has 0 radical (unpaired) electrons. The summed E-state index contributed by atoms with van der Waals surface area (Å²) < 4.78 is 37.5. The van der Waals surface area contributed by atoms with Crippen molar-refractivity contribution in [2.75, 3.05) is 14.2 Å². The lowest BCUT2D eigenvalue weighted by molar-refractivity contribution is 0.398. The highest BCUT2D eigenvalue weighted by Gasteiger charge is 2.24. The van der Waals surface area contributed by atoms with Crippen molar-refractivity contribution in [1.82, 2.24) is 4.31 Å². The number of hydrogen-bond acceptors (Lipinski definition) is 4. The van der Waals surface area contributed by atoms with Gasteiger partial charge in [0.2, 0.25) is 10.0 Å². The molecule has 1 aromatic heterocycles. The molecule has 0 spiro atoms. The number of aryl methyl sites for hydroxylation is 1. The Hall–Kier alpha value is -1.31. The van der Waals surface area contributed by atoms with E-state index in [0.29, 0.717) is 21.7 Å². The van der Waals surface area contributed by atoms with Gasteiger partial charge in [-0.15, -0.1) is 0 Å². The molecular formula is C14H16BrNO4S. The lowest BCUT2D eigenvalue weighted by atomic mass is 10.2. The molecule has 0 aliphatic rings. The maximum absolute atomic E-state index is 12.6. The summed E-state index contributed by atoms with van der Waals surface area (Å²) in [6.07, 6.45) is 0. The van der Waals surface area contributed by atoms with Gasteiger partial charge in [-0.25, -0.2) is 8.42 Å². The zero-order chi connectivity index (χ0) is 15.6. The zero-order valence-electron chi connectivity index (χ0n) is 12.0. The first-order valence-corrected chi connectivity index (χ1v) is 8.43. The van der Waals surface area contributed by atoms with Crippen molar-refractivity contribution in [2.45, 2.75) is 18.4 Å². The van der Waals surface area contributed by atoms with Crippen LogP contribution in [0.3, 0.4) is 0 Å². The van der Waals surface area contributed by atoms with Crippen molar-refractivity contribution in [3.8, 4) is 5.75 Å². The predicted octanol–water partition coefficient (Wildman–Crippen LogP) is 3.18. The molecule has 5 nitrogen and oxygen atoms in total. The third-order valence-electron chi connectivity index (χ3n) is 3.08. The molecule has 2 rings (SSSR count). The van der Waals surface area contributed by atoms with E-state index < -0.39 is 10.0 Å². The van der Waals surface area contributed by atoms with Crippen LogP contribution in [-0.2, 0) is 16.6 Å². The van der Waals surface area contributed by atoms with Crippen molar-refractivity contribution in [3.05, 3.63) is 46.3 Å². The SMILES string of the molecule is COc1ccc(S(=O)(=O)N(C)Cc2ccc(Br)o2)c(C)c1. The molecule has 0 aliphatic carbocycles. The van der Waals surface area contributed by atoms with Gasteiger partial charge in [-0.05, 0) is 58.7 Å². The number of methoxy groups -OCH3 is 1. The Kier molecular flexibility index (Phi) is 4.75. The number of benzene rings is 1. The summed E-state index contributed by atoms with van der Waals surface area (Å²) >= 11 is 3.20. The van der Waals surface area contributed by atoms with E-state index in [9.17, 15) is 8.42 Å². The van der Waals surface area contributed by atoms with Crippen LogP contribution in [0.15, 0.2) is 44.3 Å². The fourth-order valence-corrected chi connectivity index (χ4v) is 3.63. The lowest BCUT2D eigenvalue weighted by Crippen LogP contribution is -2.26. The van der Waals surface area contributed by atoms with E-state index in [1.54, 1.807) is 44.4 Å². The average molecular weight is 374 g/mol. The monoisotopic (exact) mass is 373 g/mol. The molecule has 1 aromatic carbocycles. The summed E-state index contributed by atoms with van der Waals surface area (Å²) in [7, 11) is -0.512. The Labute approximate surface area is 132 Å². The van der Waals surface area contributed by atoms with Crippen LogP contribution in [0.5, 0.6) is 5.75 Å². The van der Waals surface area contributed by atoms with Gasteiger partial charge < -0.3 is 9.15 Å². The number of halogens is 1. The van der Waals surface area contributed by atoms with Crippen LogP contribution < -0.4 is 4.74 Å². The summed E-state index contributed by atoms with van der Waals surface area (Å²) in [5, 5.41) is 0. The van der Waals surface area contributed by atoms with Gasteiger partial charge in [-0.3, -0.25) is 0 Å². The molecule has 21 heavy (non-hydrogen) atoms. The number of sulfonamides is 1. The van der Waals surface area contributed by atoms with Crippen molar-refractivity contribution in [3.63, 3.8) is 0 Å². The minimum atomic E-state index is -3.58. The third-order valence-corrected chi connectivity index (χ3v) is 5.47. The molecule has 0 fully saturated rings. The summed E-state index contributed by atoms with van der Waals surface area (Å²) in [5.41, 5.74) is 0.641. The summed E-state index contributed by atoms with van der Waals surface area (Å²) in [4.78, 5) is 0.261. The summed E-state index contributed by atoms with van der Waals surface area (Å²) in [6, 6.07) is 8.35. The predicted molar refractivity (Wildman–Crippen MR) is 82.8 cm³/mol. The van der Waals surface area contributed by atoms with E-state index >= 15 is 0 Å². The first kappa shape index (κ1) is 16.1. The average Bonchev–Trinajstić information content (AvgIpc) is 2.83. The normalized spacial score (nSPS) is 11.9. The molecule has 0 aliphatic heterocycles. The smallest absolute Gasteiger partial charge is 0.243 e. The zero-order valence-corrected chi connectivity index (χ0v) is 14.4. The van der Waals surface area contributed by atoms with E-state index in [4.69, 9.17) is 9.15 Å². The van der Waals surface area contributed by atoms with Crippen LogP contribution in [-0.4, -0.2) is 26.9 Å². The van der Waals surface area contributed by atoms with E-state index in [-0.39, 0.29) is 11.4 Å². The van der Waals surface area contributed by atoms with Gasteiger partial charge in [0.25, 0.3) is 0 Å². The second-order valence-electron chi connectivity index (χ2n) is 4.60. The van der Waals surface area contributed by atoms with E-state index in [1.807, 2.05) is 0 Å². The largest absolute Gasteiger partial charge is 0.497 e. The Morgan fingerprint density at radius 1 is 1.29 bits per heavy atom. The van der Waals surface area contributed by atoms with Crippen LogP contribution in [0.2, 0.25) is 0 Å². The number of hydrogen-bond donors (Lipinski definition) is 0. The summed E-state index contributed by atoms with van der Waals surface area (Å²) in [5.74, 6) is 1.20. The van der Waals surface area contributed by atoms with E-state index in [2.05, 4.69) is 15.9 Å². The van der Waals surface area contributed by atoms with Crippen LogP contribution in [0.1, 0.15) is 11.3 Å². The molecule has 114 valence electrons.